The van der Waals surface area contributed by atoms with E-state index in [1.165, 1.54) is 18.0 Å². The van der Waals surface area contributed by atoms with Crippen LogP contribution < -0.4 is 5.32 Å². The van der Waals surface area contributed by atoms with E-state index < -0.39 is 17.0 Å². The SMILES string of the molecule is COC1(C(=O)N[C@@H](C)c2ccc(-n3cc(F)cn3)nc2)CCN(C(=O)OC(C)(C)C)CC1. The lowest BCUT2D eigenvalue weighted by Crippen LogP contribution is -2.56. The molecule has 0 unspecified atom stereocenters. The quantitative estimate of drug-likeness (QED) is 0.757. The third kappa shape index (κ3) is 5.42. The first-order valence-corrected chi connectivity index (χ1v) is 10.5. The Labute approximate surface area is 186 Å². The molecule has 0 spiro atoms. The molecule has 1 aliphatic rings. The summed E-state index contributed by atoms with van der Waals surface area (Å²) in [5.41, 5.74) is -0.811. The van der Waals surface area contributed by atoms with Crippen molar-refractivity contribution in [2.45, 2.75) is 57.8 Å². The number of hydrogen-bond donors (Lipinski definition) is 1. The second-order valence-corrected chi connectivity index (χ2v) is 8.91. The van der Waals surface area contributed by atoms with Gasteiger partial charge in [0.2, 0.25) is 0 Å². The number of nitrogens with zero attached hydrogens (tertiary/aromatic N) is 4. The highest BCUT2D eigenvalue weighted by Gasteiger charge is 2.43. The molecule has 174 valence electrons. The summed E-state index contributed by atoms with van der Waals surface area (Å²) in [7, 11) is 1.51. The molecule has 0 aliphatic carbocycles. The fourth-order valence-corrected chi connectivity index (χ4v) is 3.53. The number of nitrogens with one attached hydrogen (secondary N) is 1. The van der Waals surface area contributed by atoms with E-state index in [9.17, 15) is 14.0 Å². The predicted molar refractivity (Wildman–Crippen MR) is 115 cm³/mol. The maximum absolute atomic E-state index is 13.2. The zero-order valence-electron chi connectivity index (χ0n) is 19.1. The van der Waals surface area contributed by atoms with Crippen LogP contribution in [0.15, 0.2) is 30.7 Å². The molecule has 1 aliphatic heterocycles. The Balaban J connectivity index is 1.60. The fourth-order valence-electron chi connectivity index (χ4n) is 3.53. The van der Waals surface area contributed by atoms with Crippen molar-refractivity contribution in [2.75, 3.05) is 20.2 Å². The van der Waals surface area contributed by atoms with Crippen molar-refractivity contribution < 1.29 is 23.5 Å². The highest BCUT2D eigenvalue weighted by Crippen LogP contribution is 2.28. The Morgan fingerprint density at radius 1 is 1.22 bits per heavy atom. The van der Waals surface area contributed by atoms with Crippen LogP contribution in [0.1, 0.15) is 52.1 Å². The molecule has 1 N–H and O–H groups in total. The number of likely N-dealkylation sites (tertiary alicyclic amines) is 1. The van der Waals surface area contributed by atoms with Crippen molar-refractivity contribution in [1.82, 2.24) is 25.0 Å². The Morgan fingerprint density at radius 2 is 1.91 bits per heavy atom. The zero-order chi connectivity index (χ0) is 23.5. The van der Waals surface area contributed by atoms with E-state index in [0.29, 0.717) is 31.7 Å². The number of amides is 2. The first-order chi connectivity index (χ1) is 15.0. The van der Waals surface area contributed by atoms with Gasteiger partial charge in [0.05, 0.1) is 18.4 Å². The van der Waals surface area contributed by atoms with Crippen LogP contribution in [0.2, 0.25) is 0 Å². The maximum atomic E-state index is 13.2. The highest BCUT2D eigenvalue weighted by molar-refractivity contribution is 5.86. The molecule has 3 rings (SSSR count). The number of piperidine rings is 1. The average Bonchev–Trinajstić information content (AvgIpc) is 3.19. The lowest BCUT2D eigenvalue weighted by Gasteiger charge is -2.40. The molecule has 32 heavy (non-hydrogen) atoms. The minimum absolute atomic E-state index is 0.241. The molecule has 2 aromatic rings. The van der Waals surface area contributed by atoms with Crippen molar-refractivity contribution in [3.05, 3.63) is 42.1 Å². The smallest absolute Gasteiger partial charge is 0.410 e. The molecule has 1 atom stereocenters. The largest absolute Gasteiger partial charge is 0.444 e. The molecule has 0 aromatic carbocycles. The Morgan fingerprint density at radius 3 is 2.41 bits per heavy atom. The van der Waals surface area contributed by atoms with Crippen LogP contribution in [0.3, 0.4) is 0 Å². The molecule has 0 bridgehead atoms. The number of rotatable bonds is 5. The van der Waals surface area contributed by atoms with Crippen LogP contribution in [0.5, 0.6) is 0 Å². The maximum Gasteiger partial charge on any atom is 0.410 e. The number of aromatic nitrogens is 3. The molecule has 3 heterocycles. The van der Waals surface area contributed by atoms with Crippen molar-refractivity contribution in [3.63, 3.8) is 0 Å². The van der Waals surface area contributed by atoms with Crippen LogP contribution in [0.25, 0.3) is 5.82 Å². The molecule has 0 saturated carbocycles. The monoisotopic (exact) mass is 447 g/mol. The van der Waals surface area contributed by atoms with Gasteiger partial charge in [-0.3, -0.25) is 4.79 Å². The topological polar surface area (TPSA) is 98.6 Å². The van der Waals surface area contributed by atoms with E-state index in [1.807, 2.05) is 27.7 Å². The van der Waals surface area contributed by atoms with Gasteiger partial charge in [-0.05, 0) is 39.3 Å². The standard InChI is InChI=1S/C22H30FN5O4/c1-15(16-6-7-18(24-12-16)28-14-17(23)13-25-28)26-19(29)22(31-5)8-10-27(11-9-22)20(30)32-21(2,3)4/h6-7,12-15H,8-11H2,1-5H3,(H,26,29)/t15-/m0/s1. The third-order valence-electron chi connectivity index (χ3n) is 5.43. The summed E-state index contributed by atoms with van der Waals surface area (Å²) >= 11 is 0. The summed E-state index contributed by atoms with van der Waals surface area (Å²) in [6.07, 6.45) is 4.30. The van der Waals surface area contributed by atoms with E-state index in [2.05, 4.69) is 15.4 Å². The van der Waals surface area contributed by atoms with E-state index in [0.717, 1.165) is 11.8 Å². The summed E-state index contributed by atoms with van der Waals surface area (Å²) < 4.78 is 25.5. The molecular formula is C22H30FN5O4. The van der Waals surface area contributed by atoms with Crippen LogP contribution in [0.4, 0.5) is 9.18 Å². The molecule has 2 aromatic heterocycles. The van der Waals surface area contributed by atoms with Gasteiger partial charge in [-0.1, -0.05) is 6.07 Å². The highest BCUT2D eigenvalue weighted by atomic mass is 19.1. The van der Waals surface area contributed by atoms with Crippen LogP contribution in [-0.4, -0.2) is 63.1 Å². The lowest BCUT2D eigenvalue weighted by molar-refractivity contribution is -0.150. The van der Waals surface area contributed by atoms with Gasteiger partial charge >= 0.3 is 6.09 Å². The summed E-state index contributed by atoms with van der Waals surface area (Å²) in [5.74, 6) is -0.215. The van der Waals surface area contributed by atoms with E-state index in [-0.39, 0.29) is 18.0 Å². The summed E-state index contributed by atoms with van der Waals surface area (Å²) in [5, 5.41) is 6.87. The van der Waals surface area contributed by atoms with Gasteiger partial charge in [0.15, 0.2) is 11.6 Å². The van der Waals surface area contributed by atoms with Crippen LogP contribution in [-0.2, 0) is 14.3 Å². The van der Waals surface area contributed by atoms with Gasteiger partial charge in [0.1, 0.15) is 11.2 Å². The Kier molecular flexibility index (Phi) is 6.82. The van der Waals surface area contributed by atoms with Crippen molar-refractivity contribution >= 4 is 12.0 Å². The molecule has 10 heteroatoms. The number of carbonyl (C=O) groups excluding carboxylic acids is 2. The number of halogens is 1. The average molecular weight is 448 g/mol. The normalized spacial score (nSPS) is 17.0. The zero-order valence-corrected chi connectivity index (χ0v) is 19.1. The number of hydrogen-bond acceptors (Lipinski definition) is 6. The van der Waals surface area contributed by atoms with Crippen molar-refractivity contribution in [3.8, 4) is 5.82 Å². The number of ether oxygens (including phenoxy) is 2. The summed E-state index contributed by atoms with van der Waals surface area (Å²) in [4.78, 5) is 31.3. The summed E-state index contributed by atoms with van der Waals surface area (Å²) in [6.45, 7) is 8.03. The summed E-state index contributed by atoms with van der Waals surface area (Å²) in [6, 6.07) is 3.18. The van der Waals surface area contributed by atoms with Gasteiger partial charge < -0.3 is 19.7 Å². The minimum Gasteiger partial charge on any atom is -0.444 e. The molecule has 2 amide bonds. The first-order valence-electron chi connectivity index (χ1n) is 10.5. The molecule has 0 radical (unpaired) electrons. The van der Waals surface area contributed by atoms with Gasteiger partial charge in [0, 0.05) is 39.2 Å². The minimum atomic E-state index is -1.02. The van der Waals surface area contributed by atoms with Crippen molar-refractivity contribution in [2.24, 2.45) is 0 Å². The molecule has 1 fully saturated rings. The van der Waals surface area contributed by atoms with Gasteiger partial charge in [-0.25, -0.2) is 18.9 Å². The third-order valence-corrected chi connectivity index (χ3v) is 5.43. The number of pyridine rings is 1. The molecule has 1 saturated heterocycles. The van der Waals surface area contributed by atoms with E-state index in [1.54, 1.807) is 23.2 Å². The van der Waals surface area contributed by atoms with Gasteiger partial charge in [-0.15, -0.1) is 0 Å². The fraction of sp³-hybridized carbons (Fsp3) is 0.545. The first kappa shape index (κ1) is 23.6. The van der Waals surface area contributed by atoms with E-state index >= 15 is 0 Å². The Bertz CT molecular complexity index is 946. The van der Waals surface area contributed by atoms with Crippen LogP contribution >= 0.6 is 0 Å². The number of carbonyl (C=O) groups is 2. The predicted octanol–water partition coefficient (Wildman–Crippen LogP) is 3.00. The molecular weight excluding hydrogens is 417 g/mol. The van der Waals surface area contributed by atoms with Gasteiger partial charge in [-0.2, -0.15) is 5.10 Å². The Hall–Kier alpha value is -3.01. The van der Waals surface area contributed by atoms with Crippen LogP contribution in [0, 0.1) is 5.82 Å². The van der Waals surface area contributed by atoms with Crippen molar-refractivity contribution in [1.29, 1.82) is 0 Å². The molecule has 9 nitrogen and oxygen atoms in total. The lowest BCUT2D eigenvalue weighted by atomic mass is 9.89. The van der Waals surface area contributed by atoms with Gasteiger partial charge in [0.25, 0.3) is 5.91 Å². The number of methoxy groups -OCH3 is 1. The second kappa shape index (κ2) is 9.23. The van der Waals surface area contributed by atoms with E-state index in [4.69, 9.17) is 9.47 Å². The second-order valence-electron chi connectivity index (χ2n) is 8.91.